The first-order chi connectivity index (χ1) is 13.0. The van der Waals surface area contributed by atoms with Crippen molar-refractivity contribution in [1.82, 2.24) is 9.13 Å². The van der Waals surface area contributed by atoms with Crippen molar-refractivity contribution in [2.45, 2.75) is 30.0 Å². The molecule has 1 N–H and O–H groups in total. The Labute approximate surface area is 157 Å². The van der Waals surface area contributed by atoms with Gasteiger partial charge in [-0.15, -0.1) is 11.8 Å². The fourth-order valence-electron chi connectivity index (χ4n) is 3.04. The molecule has 1 aromatic heterocycles. The van der Waals surface area contributed by atoms with Crippen molar-refractivity contribution in [3.63, 3.8) is 0 Å². The number of aliphatic hydroxyl groups is 1. The number of hydrogen-bond acceptors (Lipinski definition) is 6. The summed E-state index contributed by atoms with van der Waals surface area (Å²) in [4.78, 5) is 41.1. The number of benzene rings is 1. The molecule has 1 aromatic carbocycles. The number of aliphatic hydroxyl groups excluding tert-OH is 1. The summed E-state index contributed by atoms with van der Waals surface area (Å²) in [7, 11) is 0. The maximum absolute atomic E-state index is 13.0. The minimum Gasteiger partial charge on any atom is -0.395 e. The van der Waals surface area contributed by atoms with Crippen molar-refractivity contribution < 1.29 is 9.90 Å². The van der Waals surface area contributed by atoms with Crippen LogP contribution in [0.4, 0.5) is 0 Å². The summed E-state index contributed by atoms with van der Waals surface area (Å²) < 4.78 is 1.85. The Morgan fingerprint density at radius 2 is 2.07 bits per heavy atom. The van der Waals surface area contributed by atoms with Crippen LogP contribution in [0, 0.1) is 6.92 Å². The lowest BCUT2D eigenvalue weighted by atomic mass is 10.1. The van der Waals surface area contributed by atoms with Crippen LogP contribution in [0.2, 0.25) is 0 Å². The minimum atomic E-state index is -0.798. The number of rotatable bonds is 4. The van der Waals surface area contributed by atoms with E-state index in [0.29, 0.717) is 11.0 Å². The van der Waals surface area contributed by atoms with Crippen LogP contribution in [0.1, 0.15) is 27.7 Å². The van der Waals surface area contributed by atoms with Gasteiger partial charge in [0.25, 0.3) is 11.5 Å². The van der Waals surface area contributed by atoms with Gasteiger partial charge < -0.3 is 5.11 Å². The molecule has 2 aromatic rings. The van der Waals surface area contributed by atoms with Crippen LogP contribution < -0.4 is 11.2 Å². The van der Waals surface area contributed by atoms with E-state index in [0.717, 1.165) is 0 Å². The van der Waals surface area contributed by atoms with E-state index >= 15 is 0 Å². The van der Waals surface area contributed by atoms with E-state index in [2.05, 4.69) is 10.0 Å². The van der Waals surface area contributed by atoms with Crippen molar-refractivity contribution in [3.05, 3.63) is 78.9 Å². The number of nitrogens with zero attached hydrogens (tertiary/aromatic N) is 5. The van der Waals surface area contributed by atoms with Crippen LogP contribution >= 0.6 is 11.8 Å². The number of thioether (sulfide) groups is 1. The number of aromatic nitrogens is 2. The van der Waals surface area contributed by atoms with Crippen LogP contribution in [0.3, 0.4) is 0 Å². The molecule has 140 valence electrons. The van der Waals surface area contributed by atoms with E-state index in [1.165, 1.54) is 41.6 Å². The third-order valence-corrected chi connectivity index (χ3v) is 5.90. The lowest BCUT2D eigenvalue weighted by molar-refractivity contribution is 0.0947. The smallest absolute Gasteiger partial charge is 0.339 e. The number of hydrogen-bond donors (Lipinski definition) is 1. The average molecular weight is 387 g/mol. The van der Waals surface area contributed by atoms with E-state index in [4.69, 9.17) is 5.53 Å². The zero-order valence-corrected chi connectivity index (χ0v) is 15.2. The lowest BCUT2D eigenvalue weighted by Gasteiger charge is -2.19. The quantitative estimate of drug-likeness (QED) is 0.484. The molecule has 9 nitrogen and oxygen atoms in total. The fourth-order valence-corrected chi connectivity index (χ4v) is 4.46. The Morgan fingerprint density at radius 3 is 2.70 bits per heavy atom. The summed E-state index contributed by atoms with van der Waals surface area (Å²) >= 11 is 1.28. The predicted octanol–water partition coefficient (Wildman–Crippen LogP) is 1.68. The molecular formula is C17H17N5O4S. The third kappa shape index (κ3) is 3.55. The monoisotopic (exact) mass is 387 g/mol. The van der Waals surface area contributed by atoms with Gasteiger partial charge in [0.15, 0.2) is 0 Å². The highest BCUT2D eigenvalue weighted by atomic mass is 32.2. The Balaban J connectivity index is 2.15. The van der Waals surface area contributed by atoms with Crippen LogP contribution in [0.15, 0.2) is 51.2 Å². The number of carbonyl (C=O) groups is 1. The molecule has 0 amide bonds. The van der Waals surface area contributed by atoms with Crippen molar-refractivity contribution in [2.24, 2.45) is 5.11 Å². The summed E-state index contributed by atoms with van der Waals surface area (Å²) in [5.41, 5.74) is 7.74. The third-order valence-electron chi connectivity index (χ3n) is 4.35. The second-order valence-electron chi connectivity index (χ2n) is 6.15. The highest BCUT2D eigenvalue weighted by Gasteiger charge is 2.36. The molecule has 3 atom stereocenters. The molecule has 27 heavy (non-hydrogen) atoms. The van der Waals surface area contributed by atoms with Crippen molar-refractivity contribution >= 4 is 17.7 Å². The summed E-state index contributed by atoms with van der Waals surface area (Å²) in [6.07, 6.45) is 1.77. The summed E-state index contributed by atoms with van der Waals surface area (Å²) in [6, 6.07) is 7.48. The van der Waals surface area contributed by atoms with Gasteiger partial charge in [-0.25, -0.2) is 4.79 Å². The van der Waals surface area contributed by atoms with Gasteiger partial charge in [-0.1, -0.05) is 23.3 Å². The predicted molar refractivity (Wildman–Crippen MR) is 101 cm³/mol. The fraction of sp³-hybridized carbons (Fsp3) is 0.353. The highest BCUT2D eigenvalue weighted by Crippen LogP contribution is 2.42. The molecule has 0 spiro atoms. The Kier molecular flexibility index (Phi) is 5.50. The van der Waals surface area contributed by atoms with E-state index in [1.807, 2.05) is 0 Å². The van der Waals surface area contributed by atoms with E-state index < -0.39 is 28.6 Å². The number of azide groups is 1. The van der Waals surface area contributed by atoms with Crippen molar-refractivity contribution in [2.75, 3.05) is 6.61 Å². The maximum atomic E-state index is 13.0. The van der Waals surface area contributed by atoms with Crippen molar-refractivity contribution in [3.8, 4) is 0 Å². The van der Waals surface area contributed by atoms with Gasteiger partial charge in [0.2, 0.25) is 0 Å². The Morgan fingerprint density at radius 1 is 1.37 bits per heavy atom. The molecule has 1 aliphatic heterocycles. The largest absolute Gasteiger partial charge is 0.395 e. The molecule has 0 bridgehead atoms. The molecule has 0 saturated carbocycles. The molecule has 0 radical (unpaired) electrons. The van der Waals surface area contributed by atoms with Crippen LogP contribution in [0.5, 0.6) is 0 Å². The molecular weight excluding hydrogens is 370 g/mol. The van der Waals surface area contributed by atoms with Gasteiger partial charge in [0.05, 0.1) is 18.0 Å². The van der Waals surface area contributed by atoms with Gasteiger partial charge in [-0.05, 0) is 31.0 Å². The number of aryl methyl sites for hydroxylation is 1. The molecule has 0 aliphatic carbocycles. The van der Waals surface area contributed by atoms with Gasteiger partial charge in [0, 0.05) is 27.5 Å². The second-order valence-corrected chi connectivity index (χ2v) is 7.57. The molecule has 2 heterocycles. The van der Waals surface area contributed by atoms with E-state index in [-0.39, 0.29) is 23.0 Å². The second kappa shape index (κ2) is 7.83. The lowest BCUT2D eigenvalue weighted by Crippen LogP contribution is -2.46. The standard InChI is InChI=1S/C17H17N5O4S/c1-10-8-21(16-13(19-20-18)7-12(9-23)27-16)17(26)22(14(10)24)15(25)11-5-3-2-4-6-11/h2-6,8,12-13,16,23H,7,9H2,1H3/t12-,13-,16-/m0/s1. The van der Waals surface area contributed by atoms with Gasteiger partial charge in [0.1, 0.15) is 0 Å². The first kappa shape index (κ1) is 19.0. The minimum absolute atomic E-state index is 0.130. The molecule has 1 aliphatic rings. The molecule has 1 saturated heterocycles. The Hall–Kier alpha value is -2.81. The van der Waals surface area contributed by atoms with E-state index in [9.17, 15) is 19.5 Å². The zero-order chi connectivity index (χ0) is 19.6. The van der Waals surface area contributed by atoms with Crippen LogP contribution in [0.25, 0.3) is 10.4 Å². The first-order valence-corrected chi connectivity index (χ1v) is 9.17. The molecule has 10 heteroatoms. The normalized spacial score (nSPS) is 21.6. The molecule has 1 fully saturated rings. The summed E-state index contributed by atoms with van der Waals surface area (Å²) in [5.74, 6) is -0.718. The average Bonchev–Trinajstić information content (AvgIpc) is 3.08. The van der Waals surface area contributed by atoms with Gasteiger partial charge >= 0.3 is 5.69 Å². The maximum Gasteiger partial charge on any atom is 0.339 e. The van der Waals surface area contributed by atoms with Crippen LogP contribution in [-0.4, -0.2) is 38.0 Å². The number of carbonyl (C=O) groups excluding carboxylic acids is 1. The molecule has 0 unspecified atom stereocenters. The zero-order valence-electron chi connectivity index (χ0n) is 14.4. The molecule has 3 rings (SSSR count). The highest BCUT2D eigenvalue weighted by molar-refractivity contribution is 8.00. The first-order valence-electron chi connectivity index (χ1n) is 8.23. The van der Waals surface area contributed by atoms with Crippen molar-refractivity contribution in [1.29, 1.82) is 0 Å². The Bertz CT molecular complexity index is 1030. The topological polar surface area (TPSA) is 130 Å². The van der Waals surface area contributed by atoms with E-state index in [1.54, 1.807) is 18.2 Å². The summed E-state index contributed by atoms with van der Waals surface area (Å²) in [6.45, 7) is 1.38. The summed E-state index contributed by atoms with van der Waals surface area (Å²) in [5, 5.41) is 12.3. The van der Waals surface area contributed by atoms with Gasteiger partial charge in [-0.3, -0.25) is 14.2 Å². The van der Waals surface area contributed by atoms with Gasteiger partial charge in [-0.2, -0.15) is 4.57 Å². The van der Waals surface area contributed by atoms with Crippen LogP contribution in [-0.2, 0) is 0 Å². The SMILES string of the molecule is Cc1cn([C@H]2S[C@H](CO)C[C@@H]2N=[N+]=[N-])c(=O)n(C(=O)c2ccccc2)c1=O.